The summed E-state index contributed by atoms with van der Waals surface area (Å²) in [5, 5.41) is 40.3. The molecule has 1 rings (SSSR count). The maximum Gasteiger partial charge on any atom is 0.306 e. The van der Waals surface area contributed by atoms with E-state index in [0.717, 1.165) is 57.8 Å². The second-order valence-electron chi connectivity index (χ2n) is 19.4. The van der Waals surface area contributed by atoms with Crippen LogP contribution in [0.4, 0.5) is 0 Å². The van der Waals surface area contributed by atoms with Gasteiger partial charge in [0.05, 0.1) is 19.8 Å². The number of esters is 1. The van der Waals surface area contributed by atoms with Gasteiger partial charge in [0.15, 0.2) is 6.29 Å². The summed E-state index contributed by atoms with van der Waals surface area (Å²) in [6.07, 6.45) is 50.9. The zero-order chi connectivity index (χ0) is 47.1. The fourth-order valence-electron chi connectivity index (χ4n) is 8.76. The van der Waals surface area contributed by atoms with Gasteiger partial charge in [0.2, 0.25) is 0 Å². The normalized spacial score (nSPS) is 19.5. The molecule has 6 unspecified atom stereocenters. The van der Waals surface area contributed by atoms with Crippen LogP contribution in [0.3, 0.4) is 0 Å². The highest BCUT2D eigenvalue weighted by Gasteiger charge is 2.44. The van der Waals surface area contributed by atoms with Gasteiger partial charge in [-0.2, -0.15) is 0 Å². The quantitative estimate of drug-likeness (QED) is 0.0267. The molecule has 9 heteroatoms. The molecule has 1 fully saturated rings. The van der Waals surface area contributed by atoms with Crippen molar-refractivity contribution in [2.75, 3.05) is 26.4 Å². The standard InChI is InChI=1S/C56H106O9/c1-3-5-7-9-11-13-15-17-19-21-22-23-24-25-26-27-28-29-30-32-34-36-38-40-42-44-46-62-48-50(49-63-56-55(61)54(60)53(59)51(47-57)65-56)64-52(58)45-43-41-39-37-35-33-31-20-18-16-14-12-10-8-6-4-2/h14,16,20,31,50-51,53-57,59-61H,3-13,15,17-19,21-30,32-49H2,1-2H3/b16-14-,31-20-. The van der Waals surface area contributed by atoms with Crippen LogP contribution in [-0.2, 0) is 23.7 Å². The highest BCUT2D eigenvalue weighted by atomic mass is 16.7. The van der Waals surface area contributed by atoms with E-state index in [9.17, 15) is 25.2 Å². The summed E-state index contributed by atoms with van der Waals surface area (Å²) in [5.74, 6) is -0.322. The molecule has 0 aliphatic carbocycles. The first-order chi connectivity index (χ1) is 31.9. The van der Waals surface area contributed by atoms with Crippen molar-refractivity contribution in [2.45, 2.75) is 301 Å². The van der Waals surface area contributed by atoms with Crippen molar-refractivity contribution in [3.05, 3.63) is 24.3 Å². The number of hydrogen-bond acceptors (Lipinski definition) is 9. The molecule has 0 aromatic heterocycles. The largest absolute Gasteiger partial charge is 0.457 e. The second-order valence-corrected chi connectivity index (χ2v) is 19.4. The first kappa shape index (κ1) is 61.7. The van der Waals surface area contributed by atoms with Crippen LogP contribution >= 0.6 is 0 Å². The Kier molecular flexibility index (Phi) is 45.3. The minimum atomic E-state index is -1.54. The summed E-state index contributed by atoms with van der Waals surface area (Å²) in [6.45, 7) is 4.58. The molecule has 0 aromatic carbocycles. The lowest BCUT2D eigenvalue weighted by molar-refractivity contribution is -0.305. The maximum atomic E-state index is 12.8. The molecular weight excluding hydrogens is 817 g/mol. The molecule has 65 heavy (non-hydrogen) atoms. The number of allylic oxidation sites excluding steroid dienone is 4. The number of aliphatic hydroxyl groups excluding tert-OH is 4. The van der Waals surface area contributed by atoms with Crippen LogP contribution in [-0.4, -0.2) is 89.6 Å². The molecule has 0 spiro atoms. The zero-order valence-electron chi connectivity index (χ0n) is 42.5. The van der Waals surface area contributed by atoms with Gasteiger partial charge in [-0.1, -0.05) is 237 Å². The molecule has 0 bridgehead atoms. The minimum Gasteiger partial charge on any atom is -0.457 e. The minimum absolute atomic E-state index is 0.115. The van der Waals surface area contributed by atoms with Gasteiger partial charge >= 0.3 is 5.97 Å². The van der Waals surface area contributed by atoms with Gasteiger partial charge in [0.25, 0.3) is 0 Å². The fraction of sp³-hybridized carbons (Fsp3) is 0.911. The molecule has 1 saturated heterocycles. The number of ether oxygens (including phenoxy) is 4. The molecule has 6 atom stereocenters. The van der Waals surface area contributed by atoms with E-state index in [1.165, 1.54) is 186 Å². The van der Waals surface area contributed by atoms with Gasteiger partial charge in [-0.05, 0) is 44.9 Å². The molecule has 0 radical (unpaired) electrons. The molecule has 0 amide bonds. The molecule has 1 aliphatic heterocycles. The lowest BCUT2D eigenvalue weighted by atomic mass is 9.99. The highest BCUT2D eigenvalue weighted by Crippen LogP contribution is 2.23. The monoisotopic (exact) mass is 923 g/mol. The van der Waals surface area contributed by atoms with E-state index >= 15 is 0 Å². The van der Waals surface area contributed by atoms with Gasteiger partial charge in [0, 0.05) is 13.0 Å². The Hall–Kier alpha value is -1.33. The van der Waals surface area contributed by atoms with Gasteiger partial charge in [-0.15, -0.1) is 0 Å². The first-order valence-corrected chi connectivity index (χ1v) is 27.9. The Morgan fingerprint density at radius 3 is 1.34 bits per heavy atom. The maximum absolute atomic E-state index is 12.8. The number of unbranched alkanes of at least 4 members (excludes halogenated alkanes) is 34. The van der Waals surface area contributed by atoms with E-state index in [0.29, 0.717) is 13.0 Å². The molecule has 384 valence electrons. The summed E-state index contributed by atoms with van der Waals surface area (Å²) in [7, 11) is 0. The van der Waals surface area contributed by atoms with Crippen molar-refractivity contribution in [2.24, 2.45) is 0 Å². The average Bonchev–Trinajstić information content (AvgIpc) is 3.31. The predicted molar refractivity (Wildman–Crippen MR) is 270 cm³/mol. The van der Waals surface area contributed by atoms with Crippen LogP contribution in [0, 0.1) is 0 Å². The molecule has 0 saturated carbocycles. The van der Waals surface area contributed by atoms with Crippen LogP contribution in [0.1, 0.15) is 264 Å². The summed E-state index contributed by atoms with van der Waals surface area (Å²) in [6, 6.07) is 0. The van der Waals surface area contributed by atoms with Crippen LogP contribution in [0.2, 0.25) is 0 Å². The zero-order valence-corrected chi connectivity index (χ0v) is 42.5. The Morgan fingerprint density at radius 2 is 0.892 bits per heavy atom. The van der Waals surface area contributed by atoms with E-state index in [-0.39, 0.29) is 19.2 Å². The summed E-state index contributed by atoms with van der Waals surface area (Å²) in [4.78, 5) is 12.8. The molecule has 1 heterocycles. The van der Waals surface area contributed by atoms with Crippen molar-refractivity contribution < 1.29 is 44.2 Å². The summed E-state index contributed by atoms with van der Waals surface area (Å²) < 4.78 is 22.9. The summed E-state index contributed by atoms with van der Waals surface area (Å²) >= 11 is 0. The average molecular weight is 923 g/mol. The van der Waals surface area contributed by atoms with E-state index in [4.69, 9.17) is 18.9 Å². The van der Waals surface area contributed by atoms with Crippen molar-refractivity contribution >= 4 is 5.97 Å². The summed E-state index contributed by atoms with van der Waals surface area (Å²) in [5.41, 5.74) is 0. The van der Waals surface area contributed by atoms with Gasteiger partial charge in [-0.25, -0.2) is 0 Å². The van der Waals surface area contributed by atoms with Gasteiger partial charge in [-0.3, -0.25) is 4.79 Å². The van der Waals surface area contributed by atoms with E-state index in [1.807, 2.05) is 0 Å². The Morgan fingerprint density at radius 1 is 0.492 bits per heavy atom. The Balaban J connectivity index is 2.13. The van der Waals surface area contributed by atoms with E-state index < -0.39 is 43.4 Å². The smallest absolute Gasteiger partial charge is 0.306 e. The molecular formula is C56H106O9. The molecule has 0 aromatic rings. The number of hydrogen-bond donors (Lipinski definition) is 4. The molecule has 4 N–H and O–H groups in total. The van der Waals surface area contributed by atoms with Crippen molar-refractivity contribution in [3.8, 4) is 0 Å². The van der Waals surface area contributed by atoms with E-state index in [1.54, 1.807) is 0 Å². The number of carbonyl (C=O) groups is 1. The molecule has 1 aliphatic rings. The van der Waals surface area contributed by atoms with Crippen LogP contribution in [0.25, 0.3) is 0 Å². The topological polar surface area (TPSA) is 135 Å². The first-order valence-electron chi connectivity index (χ1n) is 27.9. The van der Waals surface area contributed by atoms with Crippen molar-refractivity contribution in [3.63, 3.8) is 0 Å². The number of aliphatic hydroxyl groups is 4. The second kappa shape index (κ2) is 47.7. The fourth-order valence-corrected chi connectivity index (χ4v) is 8.76. The third-order valence-electron chi connectivity index (χ3n) is 13.1. The lowest BCUT2D eigenvalue weighted by Crippen LogP contribution is -2.59. The van der Waals surface area contributed by atoms with Crippen LogP contribution in [0.5, 0.6) is 0 Å². The SMILES string of the molecule is CCCCCC/C=C\C/C=C\CCCCCCCC(=O)OC(COCCCCCCCCCCCCCCCCCCCCCCCCCCCC)COC1OC(CO)C(O)C(O)C1O. The van der Waals surface area contributed by atoms with Gasteiger partial charge < -0.3 is 39.4 Å². The lowest BCUT2D eigenvalue weighted by Gasteiger charge is -2.39. The Labute approximate surface area is 400 Å². The van der Waals surface area contributed by atoms with Crippen molar-refractivity contribution in [1.82, 2.24) is 0 Å². The number of rotatable bonds is 49. The van der Waals surface area contributed by atoms with Crippen molar-refractivity contribution in [1.29, 1.82) is 0 Å². The molecule has 9 nitrogen and oxygen atoms in total. The van der Waals surface area contributed by atoms with Gasteiger partial charge in [0.1, 0.15) is 30.5 Å². The van der Waals surface area contributed by atoms with E-state index in [2.05, 4.69) is 38.2 Å². The van der Waals surface area contributed by atoms with Crippen LogP contribution < -0.4 is 0 Å². The van der Waals surface area contributed by atoms with Crippen LogP contribution in [0.15, 0.2) is 24.3 Å². The third kappa shape index (κ3) is 38.2. The Bertz CT molecular complexity index is 1050. The number of carbonyl (C=O) groups excluding carboxylic acids is 1. The predicted octanol–water partition coefficient (Wildman–Crippen LogP) is 14.1. The highest BCUT2D eigenvalue weighted by molar-refractivity contribution is 5.69. The third-order valence-corrected chi connectivity index (χ3v) is 13.1.